The summed E-state index contributed by atoms with van der Waals surface area (Å²) in [5.74, 6) is 0.626. The summed E-state index contributed by atoms with van der Waals surface area (Å²) in [4.78, 5) is 0. The Morgan fingerprint density at radius 1 is 1.21 bits per heavy atom. The fourth-order valence-electron chi connectivity index (χ4n) is 1.63. The van der Waals surface area contributed by atoms with Crippen molar-refractivity contribution in [3.63, 3.8) is 0 Å². The summed E-state index contributed by atoms with van der Waals surface area (Å²) in [5, 5.41) is 18.9. The van der Waals surface area contributed by atoms with Crippen molar-refractivity contribution >= 4 is 0 Å². The number of para-hydroxylation sites is 1. The quantitative estimate of drug-likeness (QED) is 0.652. The van der Waals surface area contributed by atoms with Gasteiger partial charge in [0.2, 0.25) is 0 Å². The van der Waals surface area contributed by atoms with Crippen LogP contribution in [0.3, 0.4) is 0 Å². The van der Waals surface area contributed by atoms with Gasteiger partial charge in [0.05, 0.1) is 26.4 Å². The maximum absolute atomic E-state index is 9.71. The van der Waals surface area contributed by atoms with Crippen LogP contribution < -0.4 is 4.74 Å². The van der Waals surface area contributed by atoms with E-state index in [-0.39, 0.29) is 19.8 Å². The maximum Gasteiger partial charge on any atom is 0.127 e. The topological polar surface area (TPSA) is 68.2 Å². The molecule has 1 rings (SSSR count). The Balaban J connectivity index is 2.39. The molecule has 0 saturated carbocycles. The summed E-state index contributed by atoms with van der Waals surface area (Å²) in [6.07, 6.45) is -0.706. The van der Waals surface area contributed by atoms with Gasteiger partial charge in [-0.25, -0.2) is 0 Å². The van der Waals surface area contributed by atoms with Crippen LogP contribution in [0.2, 0.25) is 0 Å². The molecule has 0 aliphatic heterocycles. The molecule has 0 aromatic heterocycles. The summed E-state index contributed by atoms with van der Waals surface area (Å²) in [6.45, 7) is 3.09. The number of benzene rings is 1. The van der Waals surface area contributed by atoms with Crippen LogP contribution in [0.4, 0.5) is 0 Å². The molecular formula is C14H22O5. The molecule has 1 unspecified atom stereocenters. The molecule has 0 spiro atoms. The van der Waals surface area contributed by atoms with Crippen molar-refractivity contribution in [2.75, 3.05) is 33.5 Å². The van der Waals surface area contributed by atoms with Gasteiger partial charge in [-0.15, -0.1) is 0 Å². The van der Waals surface area contributed by atoms with Gasteiger partial charge in [0.25, 0.3) is 0 Å². The Bertz CT molecular complexity index is 367. The van der Waals surface area contributed by atoms with Crippen molar-refractivity contribution in [2.45, 2.75) is 19.6 Å². The van der Waals surface area contributed by atoms with Crippen molar-refractivity contribution in [3.8, 4) is 5.75 Å². The molecule has 108 valence electrons. The van der Waals surface area contributed by atoms with Gasteiger partial charge < -0.3 is 24.4 Å². The second kappa shape index (κ2) is 8.87. The molecule has 0 saturated heterocycles. The second-order valence-corrected chi connectivity index (χ2v) is 4.25. The number of ether oxygens (including phenoxy) is 3. The third-order valence-electron chi connectivity index (χ3n) is 2.63. The fraction of sp³-hybridized carbons (Fsp3) is 0.571. The largest absolute Gasteiger partial charge is 0.490 e. The third-order valence-corrected chi connectivity index (χ3v) is 2.63. The lowest BCUT2D eigenvalue weighted by Crippen LogP contribution is -2.24. The van der Waals surface area contributed by atoms with Crippen LogP contribution >= 0.6 is 0 Å². The first-order valence-electron chi connectivity index (χ1n) is 6.26. The van der Waals surface area contributed by atoms with E-state index in [0.29, 0.717) is 24.5 Å². The van der Waals surface area contributed by atoms with Crippen LogP contribution in [0.1, 0.15) is 11.1 Å². The van der Waals surface area contributed by atoms with Crippen LogP contribution in [-0.4, -0.2) is 49.9 Å². The molecule has 1 aromatic carbocycles. The van der Waals surface area contributed by atoms with Gasteiger partial charge in [0.1, 0.15) is 18.5 Å². The Kier molecular flexibility index (Phi) is 7.43. The van der Waals surface area contributed by atoms with Gasteiger partial charge in [0.15, 0.2) is 0 Å². The summed E-state index contributed by atoms with van der Waals surface area (Å²) >= 11 is 0. The molecule has 0 aliphatic carbocycles. The average molecular weight is 270 g/mol. The van der Waals surface area contributed by atoms with Crippen LogP contribution in [0.15, 0.2) is 18.2 Å². The van der Waals surface area contributed by atoms with E-state index in [9.17, 15) is 10.2 Å². The zero-order valence-electron chi connectivity index (χ0n) is 11.5. The molecule has 5 heteroatoms. The summed E-state index contributed by atoms with van der Waals surface area (Å²) in [7, 11) is 1.59. The summed E-state index contributed by atoms with van der Waals surface area (Å²) in [5.41, 5.74) is 1.64. The molecule has 0 radical (unpaired) electrons. The highest BCUT2D eigenvalue weighted by molar-refractivity contribution is 5.40. The van der Waals surface area contributed by atoms with E-state index >= 15 is 0 Å². The van der Waals surface area contributed by atoms with Crippen LogP contribution in [-0.2, 0) is 16.1 Å². The first-order chi connectivity index (χ1) is 9.19. The SMILES string of the molecule is COCCOCC(O)COc1c(C)cccc1CO. The number of aryl methyl sites for hydroxylation is 1. The van der Waals surface area contributed by atoms with E-state index in [2.05, 4.69) is 0 Å². The standard InChI is InChI=1S/C14H22O5/c1-11-4-3-5-12(8-15)14(11)19-10-13(16)9-18-7-6-17-2/h3-5,13,15-16H,6-10H2,1-2H3. The number of hydrogen-bond acceptors (Lipinski definition) is 5. The van der Waals surface area contributed by atoms with Crippen LogP contribution in [0.5, 0.6) is 5.75 Å². The number of aliphatic hydroxyl groups is 2. The molecule has 0 bridgehead atoms. The zero-order valence-corrected chi connectivity index (χ0v) is 11.5. The molecule has 0 heterocycles. The lowest BCUT2D eigenvalue weighted by Gasteiger charge is -2.16. The summed E-state index contributed by atoms with van der Waals surface area (Å²) < 4.78 is 15.6. The minimum Gasteiger partial charge on any atom is -0.490 e. The van der Waals surface area contributed by atoms with Crippen molar-refractivity contribution in [1.82, 2.24) is 0 Å². The van der Waals surface area contributed by atoms with E-state index in [1.165, 1.54) is 0 Å². The van der Waals surface area contributed by atoms with E-state index in [1.807, 2.05) is 19.1 Å². The highest BCUT2D eigenvalue weighted by atomic mass is 16.5. The molecule has 2 N–H and O–H groups in total. The Labute approximate surface area is 113 Å². The molecule has 19 heavy (non-hydrogen) atoms. The minimum absolute atomic E-state index is 0.0859. The molecule has 0 amide bonds. The van der Waals surface area contributed by atoms with Crippen molar-refractivity contribution in [3.05, 3.63) is 29.3 Å². The minimum atomic E-state index is -0.706. The Morgan fingerprint density at radius 3 is 2.68 bits per heavy atom. The number of methoxy groups -OCH3 is 1. The van der Waals surface area contributed by atoms with E-state index in [1.54, 1.807) is 13.2 Å². The van der Waals surface area contributed by atoms with Gasteiger partial charge in [-0.05, 0) is 12.5 Å². The van der Waals surface area contributed by atoms with Gasteiger partial charge in [0, 0.05) is 12.7 Å². The molecule has 0 aliphatic rings. The molecule has 0 fully saturated rings. The zero-order chi connectivity index (χ0) is 14.1. The lowest BCUT2D eigenvalue weighted by atomic mass is 10.1. The second-order valence-electron chi connectivity index (χ2n) is 4.25. The number of rotatable bonds is 9. The van der Waals surface area contributed by atoms with Crippen molar-refractivity contribution in [1.29, 1.82) is 0 Å². The Hall–Kier alpha value is -1.14. The van der Waals surface area contributed by atoms with Gasteiger partial charge in [-0.3, -0.25) is 0 Å². The van der Waals surface area contributed by atoms with E-state index in [4.69, 9.17) is 14.2 Å². The Morgan fingerprint density at radius 2 is 2.00 bits per heavy atom. The van der Waals surface area contributed by atoms with Gasteiger partial charge in [-0.2, -0.15) is 0 Å². The van der Waals surface area contributed by atoms with Crippen LogP contribution in [0, 0.1) is 6.92 Å². The molecule has 5 nitrogen and oxygen atoms in total. The summed E-state index contributed by atoms with van der Waals surface area (Å²) in [6, 6.07) is 5.55. The van der Waals surface area contributed by atoms with E-state index in [0.717, 1.165) is 5.56 Å². The predicted octanol–water partition coefficient (Wildman–Crippen LogP) is 0.890. The highest BCUT2D eigenvalue weighted by Gasteiger charge is 2.10. The smallest absolute Gasteiger partial charge is 0.127 e. The average Bonchev–Trinajstić information content (AvgIpc) is 2.42. The number of aliphatic hydroxyl groups excluding tert-OH is 2. The first-order valence-corrected chi connectivity index (χ1v) is 6.26. The number of hydrogen-bond donors (Lipinski definition) is 2. The predicted molar refractivity (Wildman–Crippen MR) is 71.3 cm³/mol. The van der Waals surface area contributed by atoms with Crippen molar-refractivity contribution < 1.29 is 24.4 Å². The monoisotopic (exact) mass is 270 g/mol. The van der Waals surface area contributed by atoms with E-state index < -0.39 is 6.10 Å². The highest BCUT2D eigenvalue weighted by Crippen LogP contribution is 2.23. The van der Waals surface area contributed by atoms with Gasteiger partial charge in [-0.1, -0.05) is 18.2 Å². The van der Waals surface area contributed by atoms with Crippen molar-refractivity contribution in [2.24, 2.45) is 0 Å². The van der Waals surface area contributed by atoms with Crippen LogP contribution in [0.25, 0.3) is 0 Å². The molecular weight excluding hydrogens is 248 g/mol. The first kappa shape index (κ1) is 15.9. The normalized spacial score (nSPS) is 12.4. The lowest BCUT2D eigenvalue weighted by molar-refractivity contribution is -0.00454. The molecule has 1 aromatic rings. The fourth-order valence-corrected chi connectivity index (χ4v) is 1.63. The third kappa shape index (κ3) is 5.57. The maximum atomic E-state index is 9.71. The molecule has 1 atom stereocenters. The van der Waals surface area contributed by atoms with Gasteiger partial charge >= 0.3 is 0 Å².